The van der Waals surface area contributed by atoms with E-state index in [1.165, 1.54) is 18.6 Å². The second-order valence-corrected chi connectivity index (χ2v) is 7.76. The van der Waals surface area contributed by atoms with Crippen molar-refractivity contribution in [1.82, 2.24) is 8.96 Å². The molecule has 0 unspecified atom stereocenters. The second kappa shape index (κ2) is 5.96. The van der Waals surface area contributed by atoms with Crippen molar-refractivity contribution in [1.29, 1.82) is 0 Å². The van der Waals surface area contributed by atoms with Crippen LogP contribution >= 0.6 is 0 Å². The molecule has 4 aromatic rings. The average Bonchev–Trinajstić information content (AvgIpc) is 3.03. The van der Waals surface area contributed by atoms with Gasteiger partial charge in [-0.25, -0.2) is 17.4 Å². The molecule has 0 bridgehead atoms. The lowest BCUT2D eigenvalue weighted by Gasteiger charge is -2.07. The smallest absolute Gasteiger partial charge is 0.269 e. The van der Waals surface area contributed by atoms with Gasteiger partial charge in [-0.2, -0.15) is 4.73 Å². The van der Waals surface area contributed by atoms with Gasteiger partial charge in [-0.05, 0) is 37.3 Å². The van der Waals surface area contributed by atoms with E-state index in [-0.39, 0.29) is 10.5 Å². The number of hydrogen-bond donors (Lipinski definition) is 0. The lowest BCUT2D eigenvalue weighted by atomic mass is 10.1. The Morgan fingerprint density at radius 1 is 1.04 bits per heavy atom. The highest BCUT2D eigenvalue weighted by Crippen LogP contribution is 2.30. The third-order valence-electron chi connectivity index (χ3n) is 4.21. The van der Waals surface area contributed by atoms with Crippen molar-refractivity contribution in [3.05, 3.63) is 84.0 Å². The molecule has 0 fully saturated rings. The highest BCUT2D eigenvalue weighted by molar-refractivity contribution is 7.90. The van der Waals surface area contributed by atoms with E-state index in [0.29, 0.717) is 21.4 Å². The predicted molar refractivity (Wildman–Crippen MR) is 97.9 cm³/mol. The summed E-state index contributed by atoms with van der Waals surface area (Å²) in [5.41, 5.74) is 2.13. The van der Waals surface area contributed by atoms with E-state index in [4.69, 9.17) is 0 Å². The van der Waals surface area contributed by atoms with Crippen LogP contribution in [0.3, 0.4) is 0 Å². The summed E-state index contributed by atoms with van der Waals surface area (Å²) in [7, 11) is -3.84. The van der Waals surface area contributed by atoms with Crippen molar-refractivity contribution in [3.63, 3.8) is 0 Å². The topological polar surface area (TPSA) is 78.9 Å². The molecule has 0 spiro atoms. The van der Waals surface area contributed by atoms with Crippen LogP contribution in [0.25, 0.3) is 22.3 Å². The van der Waals surface area contributed by atoms with Gasteiger partial charge in [0.25, 0.3) is 10.0 Å². The highest BCUT2D eigenvalue weighted by atomic mass is 32.2. The van der Waals surface area contributed by atoms with Crippen molar-refractivity contribution in [2.75, 3.05) is 0 Å². The van der Waals surface area contributed by atoms with Crippen molar-refractivity contribution < 1.29 is 13.1 Å². The molecule has 1 aromatic carbocycles. The van der Waals surface area contributed by atoms with Gasteiger partial charge in [0, 0.05) is 29.9 Å². The summed E-state index contributed by atoms with van der Waals surface area (Å²) >= 11 is 0. The van der Waals surface area contributed by atoms with Crippen LogP contribution in [0.2, 0.25) is 0 Å². The zero-order valence-electron chi connectivity index (χ0n) is 13.9. The predicted octanol–water partition coefficient (Wildman–Crippen LogP) is 2.88. The van der Waals surface area contributed by atoms with Gasteiger partial charge in [-0.15, -0.1) is 0 Å². The van der Waals surface area contributed by atoms with E-state index in [0.717, 1.165) is 9.54 Å². The van der Waals surface area contributed by atoms with Gasteiger partial charge in [-0.3, -0.25) is 0 Å². The highest BCUT2D eigenvalue weighted by Gasteiger charge is 2.24. The third kappa shape index (κ3) is 2.53. The largest absolute Gasteiger partial charge is 0.618 e. The van der Waals surface area contributed by atoms with Gasteiger partial charge < -0.3 is 5.21 Å². The first-order chi connectivity index (χ1) is 12.5. The zero-order valence-corrected chi connectivity index (χ0v) is 14.7. The van der Waals surface area contributed by atoms with Crippen LogP contribution in [-0.4, -0.2) is 17.4 Å². The number of aryl methyl sites for hydroxylation is 1. The van der Waals surface area contributed by atoms with Crippen LogP contribution in [-0.2, 0) is 10.0 Å². The van der Waals surface area contributed by atoms with Crippen molar-refractivity contribution in [2.45, 2.75) is 11.8 Å². The molecule has 0 aliphatic carbocycles. The van der Waals surface area contributed by atoms with E-state index in [1.54, 1.807) is 54.6 Å². The first-order valence-corrected chi connectivity index (χ1v) is 9.39. The molecule has 0 amide bonds. The molecule has 0 saturated carbocycles. The maximum atomic E-state index is 13.1. The van der Waals surface area contributed by atoms with Gasteiger partial charge in [0.2, 0.25) is 5.69 Å². The van der Waals surface area contributed by atoms with Crippen LogP contribution in [0, 0.1) is 12.1 Å². The number of hydrogen-bond acceptors (Lipinski definition) is 4. The first kappa shape index (κ1) is 16.3. The Labute approximate surface area is 150 Å². The molecule has 6 nitrogen and oxygen atoms in total. The fraction of sp³-hybridized carbons (Fsp3) is 0.0526. The number of aromatic nitrogens is 3. The molecule has 7 heteroatoms. The minimum atomic E-state index is -3.84. The van der Waals surface area contributed by atoms with Crippen LogP contribution < -0.4 is 4.73 Å². The van der Waals surface area contributed by atoms with Crippen LogP contribution in [0.1, 0.15) is 5.56 Å². The Bertz CT molecular complexity index is 1210. The molecule has 0 atom stereocenters. The van der Waals surface area contributed by atoms with E-state index in [9.17, 15) is 13.6 Å². The fourth-order valence-electron chi connectivity index (χ4n) is 2.88. The van der Waals surface area contributed by atoms with E-state index < -0.39 is 10.0 Å². The summed E-state index contributed by atoms with van der Waals surface area (Å²) in [5.74, 6) is 0. The van der Waals surface area contributed by atoms with Crippen molar-refractivity contribution in [2.24, 2.45) is 0 Å². The van der Waals surface area contributed by atoms with Crippen LogP contribution in [0.15, 0.2) is 78.1 Å². The lowest BCUT2D eigenvalue weighted by Crippen LogP contribution is -2.27. The number of fused-ring (bicyclic) bond motifs is 1. The molecule has 0 saturated heterocycles. The Hall–Kier alpha value is -3.19. The Balaban J connectivity index is 2.00. The summed E-state index contributed by atoms with van der Waals surface area (Å²) < 4.78 is 28.1. The number of benzene rings is 1. The van der Waals surface area contributed by atoms with Gasteiger partial charge >= 0.3 is 0 Å². The lowest BCUT2D eigenvalue weighted by molar-refractivity contribution is -0.593. The van der Waals surface area contributed by atoms with Gasteiger partial charge in [0.1, 0.15) is 0 Å². The zero-order chi connectivity index (χ0) is 18.3. The van der Waals surface area contributed by atoms with Crippen molar-refractivity contribution >= 4 is 21.1 Å². The monoisotopic (exact) mass is 365 g/mol. The van der Waals surface area contributed by atoms with E-state index in [2.05, 4.69) is 4.98 Å². The molecule has 3 heterocycles. The maximum absolute atomic E-state index is 13.1. The maximum Gasteiger partial charge on any atom is 0.269 e. The fourth-order valence-corrected chi connectivity index (χ4v) is 4.20. The summed E-state index contributed by atoms with van der Waals surface area (Å²) in [6.45, 7) is 1.89. The standard InChI is InChI=1S/C19H15N3O3S/c1-14-7-9-15(10-8-14)26(24,25)22-13-17(16-5-4-11-20-19(16)22)18-6-2-3-12-21(18)23/h2-13H,1H3. The summed E-state index contributed by atoms with van der Waals surface area (Å²) in [4.78, 5) is 4.41. The second-order valence-electron chi connectivity index (χ2n) is 5.94. The Morgan fingerprint density at radius 2 is 1.81 bits per heavy atom. The molecule has 4 rings (SSSR count). The summed E-state index contributed by atoms with van der Waals surface area (Å²) in [6.07, 6.45) is 4.36. The molecule has 0 N–H and O–H groups in total. The molecule has 0 aliphatic heterocycles. The molecule has 0 aliphatic rings. The SMILES string of the molecule is Cc1ccc(S(=O)(=O)n2cc(-c3cccc[n+]3[O-])c3cccnc32)cc1. The Kier molecular flexibility index (Phi) is 3.73. The molecule has 3 aromatic heterocycles. The van der Waals surface area contributed by atoms with Gasteiger partial charge in [0.15, 0.2) is 11.8 Å². The molecule has 26 heavy (non-hydrogen) atoms. The molecule has 130 valence electrons. The quantitative estimate of drug-likeness (QED) is 0.413. The van der Waals surface area contributed by atoms with Gasteiger partial charge in [0.05, 0.1) is 10.5 Å². The Morgan fingerprint density at radius 3 is 2.54 bits per heavy atom. The summed E-state index contributed by atoms with van der Waals surface area (Å²) in [6, 6.07) is 15.1. The number of rotatable bonds is 3. The molecule has 0 radical (unpaired) electrons. The van der Waals surface area contributed by atoms with Gasteiger partial charge in [-0.1, -0.05) is 17.7 Å². The number of pyridine rings is 2. The third-order valence-corrected chi connectivity index (χ3v) is 5.87. The molecular formula is C19H15N3O3S. The van der Waals surface area contributed by atoms with Crippen LogP contribution in [0.5, 0.6) is 0 Å². The minimum Gasteiger partial charge on any atom is -0.618 e. The van der Waals surface area contributed by atoms with Crippen LogP contribution in [0.4, 0.5) is 0 Å². The molecular weight excluding hydrogens is 350 g/mol. The minimum absolute atomic E-state index is 0.167. The van der Waals surface area contributed by atoms with Crippen molar-refractivity contribution in [3.8, 4) is 11.3 Å². The normalized spacial score (nSPS) is 11.7. The average molecular weight is 365 g/mol. The van der Waals surface area contributed by atoms with E-state index in [1.807, 2.05) is 6.92 Å². The first-order valence-electron chi connectivity index (χ1n) is 7.95. The van der Waals surface area contributed by atoms with E-state index >= 15 is 0 Å². The summed E-state index contributed by atoms with van der Waals surface area (Å²) in [5, 5.41) is 12.8. The number of nitrogens with zero attached hydrogens (tertiary/aromatic N) is 3.